The second-order valence-corrected chi connectivity index (χ2v) is 4.60. The molecule has 2 heterocycles. The number of carbonyl (C=O) groups excluding carboxylic acids is 4. The van der Waals surface area contributed by atoms with Crippen molar-refractivity contribution in [3.63, 3.8) is 0 Å². The highest BCUT2D eigenvalue weighted by molar-refractivity contribution is 6.23. The van der Waals surface area contributed by atoms with E-state index in [1.807, 2.05) is 0 Å². The lowest BCUT2D eigenvalue weighted by Gasteiger charge is -2.27. The van der Waals surface area contributed by atoms with Crippen LogP contribution >= 0.6 is 0 Å². The van der Waals surface area contributed by atoms with E-state index in [0.29, 0.717) is 11.1 Å². The summed E-state index contributed by atoms with van der Waals surface area (Å²) in [7, 11) is 0. The van der Waals surface area contributed by atoms with E-state index < -0.39 is 23.8 Å². The second-order valence-electron chi connectivity index (χ2n) is 4.60. The first-order chi connectivity index (χ1) is 10.5. The van der Waals surface area contributed by atoms with Gasteiger partial charge in [0.1, 0.15) is 6.04 Å². The van der Waals surface area contributed by atoms with Gasteiger partial charge in [-0.05, 0) is 18.6 Å². The molecule has 0 saturated carbocycles. The SMILES string of the molecule is O=C1CCC(N2C(=O)c3ccccc3C2=O)C(=O)N1.O=CO. The Kier molecular flexibility index (Phi) is 4.31. The molecule has 1 fully saturated rings. The first kappa shape index (κ1) is 15.4. The van der Waals surface area contributed by atoms with E-state index in [1.54, 1.807) is 24.3 Å². The summed E-state index contributed by atoms with van der Waals surface area (Å²) in [6.07, 6.45) is 0.306. The number of carbonyl (C=O) groups is 5. The van der Waals surface area contributed by atoms with Gasteiger partial charge < -0.3 is 5.11 Å². The number of rotatable bonds is 1. The van der Waals surface area contributed by atoms with Crippen molar-refractivity contribution >= 4 is 30.1 Å². The standard InChI is InChI=1S/C13H10N2O4.CH2O2/c16-10-6-5-9(11(17)14-10)15-12(18)7-3-1-2-4-8(7)13(15)19;2-1-3/h1-4,9H,5-6H2,(H,14,16,17);1H,(H,2,3). The molecule has 2 aliphatic heterocycles. The van der Waals surface area contributed by atoms with Crippen LogP contribution < -0.4 is 5.32 Å². The topological polar surface area (TPSA) is 121 Å². The molecular weight excluding hydrogens is 292 g/mol. The molecule has 114 valence electrons. The molecular formula is C14H12N2O6. The summed E-state index contributed by atoms with van der Waals surface area (Å²) in [4.78, 5) is 56.5. The highest BCUT2D eigenvalue weighted by atomic mass is 16.3. The Balaban J connectivity index is 0.000000545. The lowest BCUT2D eigenvalue weighted by Crippen LogP contribution is -2.54. The summed E-state index contributed by atoms with van der Waals surface area (Å²) < 4.78 is 0. The molecule has 4 amide bonds. The fourth-order valence-electron chi connectivity index (χ4n) is 2.42. The van der Waals surface area contributed by atoms with Gasteiger partial charge in [-0.1, -0.05) is 12.1 Å². The molecule has 1 saturated heterocycles. The lowest BCUT2D eigenvalue weighted by molar-refractivity contribution is -0.136. The molecule has 2 aliphatic rings. The zero-order valence-corrected chi connectivity index (χ0v) is 11.3. The quantitative estimate of drug-likeness (QED) is 0.547. The van der Waals surface area contributed by atoms with Crippen molar-refractivity contribution in [3.05, 3.63) is 35.4 Å². The highest BCUT2D eigenvalue weighted by Gasteiger charge is 2.44. The number of hydrogen-bond acceptors (Lipinski definition) is 5. The first-order valence-corrected chi connectivity index (χ1v) is 6.39. The smallest absolute Gasteiger partial charge is 0.290 e. The van der Waals surface area contributed by atoms with Crippen molar-refractivity contribution in [1.29, 1.82) is 0 Å². The molecule has 0 radical (unpaired) electrons. The Morgan fingerprint density at radius 2 is 1.59 bits per heavy atom. The molecule has 1 atom stereocenters. The molecule has 1 aromatic carbocycles. The number of hydrogen-bond donors (Lipinski definition) is 2. The largest absolute Gasteiger partial charge is 0.483 e. The average molecular weight is 304 g/mol. The summed E-state index contributed by atoms with van der Waals surface area (Å²) in [6.45, 7) is -0.250. The third kappa shape index (κ3) is 2.58. The van der Waals surface area contributed by atoms with E-state index in [9.17, 15) is 19.2 Å². The summed E-state index contributed by atoms with van der Waals surface area (Å²) in [5.41, 5.74) is 0.606. The fraction of sp³-hybridized carbons (Fsp3) is 0.214. The molecule has 0 bridgehead atoms. The third-order valence-corrected chi connectivity index (χ3v) is 3.35. The molecule has 22 heavy (non-hydrogen) atoms. The van der Waals surface area contributed by atoms with Crippen molar-refractivity contribution in [2.45, 2.75) is 18.9 Å². The Bertz CT molecular complexity index is 634. The van der Waals surface area contributed by atoms with E-state index in [1.165, 1.54) is 0 Å². The van der Waals surface area contributed by atoms with Crippen LogP contribution in [0.1, 0.15) is 33.6 Å². The molecule has 1 unspecified atom stereocenters. The maximum atomic E-state index is 12.2. The van der Waals surface area contributed by atoms with Gasteiger partial charge in [-0.2, -0.15) is 0 Å². The van der Waals surface area contributed by atoms with Gasteiger partial charge in [0.25, 0.3) is 18.3 Å². The highest BCUT2D eigenvalue weighted by Crippen LogP contribution is 2.26. The van der Waals surface area contributed by atoms with Crippen LogP contribution in [0.15, 0.2) is 24.3 Å². The van der Waals surface area contributed by atoms with Crippen molar-refractivity contribution in [2.75, 3.05) is 0 Å². The van der Waals surface area contributed by atoms with Gasteiger partial charge in [-0.15, -0.1) is 0 Å². The molecule has 8 heteroatoms. The van der Waals surface area contributed by atoms with Gasteiger partial charge in [-0.25, -0.2) is 0 Å². The van der Waals surface area contributed by atoms with E-state index in [0.717, 1.165) is 4.90 Å². The number of nitrogens with zero attached hydrogens (tertiary/aromatic N) is 1. The molecule has 0 spiro atoms. The van der Waals surface area contributed by atoms with Crippen LogP contribution in [-0.2, 0) is 14.4 Å². The number of nitrogens with one attached hydrogen (secondary N) is 1. The minimum atomic E-state index is -0.898. The predicted octanol–water partition coefficient (Wildman–Crippen LogP) is -0.211. The van der Waals surface area contributed by atoms with Crippen LogP contribution in [0.25, 0.3) is 0 Å². The molecule has 0 aromatic heterocycles. The Labute approximate surface area is 124 Å². The molecule has 2 N–H and O–H groups in total. The van der Waals surface area contributed by atoms with Crippen LogP contribution in [0, 0.1) is 0 Å². The molecule has 3 rings (SSSR count). The van der Waals surface area contributed by atoms with Gasteiger partial charge in [0.15, 0.2) is 0 Å². The maximum Gasteiger partial charge on any atom is 0.290 e. The van der Waals surface area contributed by atoms with Crippen LogP contribution in [0.4, 0.5) is 0 Å². The van der Waals surface area contributed by atoms with Crippen LogP contribution in [0.2, 0.25) is 0 Å². The van der Waals surface area contributed by atoms with E-state index in [2.05, 4.69) is 5.32 Å². The minimum Gasteiger partial charge on any atom is -0.483 e. The van der Waals surface area contributed by atoms with E-state index in [4.69, 9.17) is 9.90 Å². The summed E-state index contributed by atoms with van der Waals surface area (Å²) >= 11 is 0. The van der Waals surface area contributed by atoms with Crippen LogP contribution in [0.3, 0.4) is 0 Å². The van der Waals surface area contributed by atoms with Crippen LogP contribution in [-0.4, -0.2) is 46.1 Å². The number of fused-ring (bicyclic) bond motifs is 1. The number of benzene rings is 1. The van der Waals surface area contributed by atoms with Gasteiger partial charge in [0.2, 0.25) is 11.8 Å². The van der Waals surface area contributed by atoms with Crippen molar-refractivity contribution in [3.8, 4) is 0 Å². The van der Waals surface area contributed by atoms with E-state index >= 15 is 0 Å². The molecule has 1 aromatic rings. The summed E-state index contributed by atoms with van der Waals surface area (Å²) in [5.74, 6) is -1.92. The third-order valence-electron chi connectivity index (χ3n) is 3.35. The second kappa shape index (κ2) is 6.17. The number of amides is 4. The number of imide groups is 2. The van der Waals surface area contributed by atoms with Crippen LogP contribution in [0.5, 0.6) is 0 Å². The van der Waals surface area contributed by atoms with Crippen molar-refractivity contribution < 1.29 is 29.1 Å². The van der Waals surface area contributed by atoms with Gasteiger partial charge in [-0.3, -0.25) is 34.2 Å². The molecule has 0 aliphatic carbocycles. The van der Waals surface area contributed by atoms with Gasteiger partial charge >= 0.3 is 0 Å². The minimum absolute atomic E-state index is 0.129. The Morgan fingerprint density at radius 3 is 2.05 bits per heavy atom. The van der Waals surface area contributed by atoms with E-state index in [-0.39, 0.29) is 25.2 Å². The average Bonchev–Trinajstić information content (AvgIpc) is 2.73. The Morgan fingerprint density at radius 1 is 1.09 bits per heavy atom. The number of carboxylic acid groups (broad SMARTS) is 1. The maximum absolute atomic E-state index is 12.2. The van der Waals surface area contributed by atoms with Gasteiger partial charge in [0, 0.05) is 6.42 Å². The van der Waals surface area contributed by atoms with Crippen molar-refractivity contribution in [2.24, 2.45) is 0 Å². The summed E-state index contributed by atoms with van der Waals surface area (Å²) in [6, 6.07) is 5.55. The normalized spacial score (nSPS) is 20.0. The summed E-state index contributed by atoms with van der Waals surface area (Å²) in [5, 5.41) is 9.04. The fourth-order valence-corrected chi connectivity index (χ4v) is 2.42. The zero-order chi connectivity index (χ0) is 16.3. The number of piperidine rings is 1. The monoisotopic (exact) mass is 304 g/mol. The Hall–Kier alpha value is -3.03. The van der Waals surface area contributed by atoms with Gasteiger partial charge in [0.05, 0.1) is 11.1 Å². The zero-order valence-electron chi connectivity index (χ0n) is 11.3. The lowest BCUT2D eigenvalue weighted by atomic mass is 10.0. The predicted molar refractivity (Wildman–Crippen MR) is 71.8 cm³/mol. The molecule has 8 nitrogen and oxygen atoms in total. The van der Waals surface area contributed by atoms with Crippen molar-refractivity contribution in [1.82, 2.24) is 10.2 Å². The first-order valence-electron chi connectivity index (χ1n) is 6.39.